The maximum absolute atomic E-state index is 13.7. The number of ether oxygens (including phenoxy) is 1. The molecule has 2 amide bonds. The summed E-state index contributed by atoms with van der Waals surface area (Å²) >= 11 is 1.11. The third-order valence-electron chi connectivity index (χ3n) is 5.12. The van der Waals surface area contributed by atoms with Crippen molar-refractivity contribution in [2.45, 2.75) is 38.2 Å². The quantitative estimate of drug-likeness (QED) is 0.520. The van der Waals surface area contributed by atoms with Gasteiger partial charge < -0.3 is 4.74 Å². The molecular weight excluding hydrogens is 401 g/mol. The van der Waals surface area contributed by atoms with Gasteiger partial charge in [-0.2, -0.15) is 0 Å². The minimum absolute atomic E-state index is 0.114. The van der Waals surface area contributed by atoms with Crippen molar-refractivity contribution in [1.29, 1.82) is 0 Å². The van der Waals surface area contributed by atoms with Crippen molar-refractivity contribution in [1.82, 2.24) is 4.90 Å². The van der Waals surface area contributed by atoms with E-state index < -0.39 is 0 Å². The molecule has 30 heavy (non-hydrogen) atoms. The van der Waals surface area contributed by atoms with Crippen LogP contribution in [0.1, 0.15) is 25.0 Å². The van der Waals surface area contributed by atoms with E-state index in [0.29, 0.717) is 17.7 Å². The summed E-state index contributed by atoms with van der Waals surface area (Å²) < 4.78 is 19.5. The lowest BCUT2D eigenvalue weighted by Crippen LogP contribution is -2.37. The van der Waals surface area contributed by atoms with Crippen LogP contribution in [0.2, 0.25) is 0 Å². The zero-order valence-corrected chi connectivity index (χ0v) is 17.6. The lowest BCUT2D eigenvalue weighted by atomic mass is 10.0. The molecule has 1 atom stereocenters. The summed E-state index contributed by atoms with van der Waals surface area (Å²) in [5.74, 6) is 0.270. The largest absolute Gasteiger partial charge is 0.489 e. The highest BCUT2D eigenvalue weighted by Crippen LogP contribution is 2.32. The topological polar surface area (TPSA) is 46.6 Å². The van der Waals surface area contributed by atoms with Crippen molar-refractivity contribution >= 4 is 33.7 Å². The summed E-state index contributed by atoms with van der Waals surface area (Å²) in [5, 5.41) is 1.47. The van der Waals surface area contributed by atoms with Gasteiger partial charge in [-0.3, -0.25) is 14.5 Å². The predicted molar refractivity (Wildman–Crippen MR) is 117 cm³/mol. The van der Waals surface area contributed by atoms with Crippen LogP contribution in [0.15, 0.2) is 60.7 Å². The molecule has 0 radical (unpaired) electrons. The first-order valence-corrected chi connectivity index (χ1v) is 10.7. The summed E-state index contributed by atoms with van der Waals surface area (Å²) in [4.78, 5) is 26.0. The molecule has 0 aliphatic carbocycles. The normalized spacial score (nSPS) is 16.7. The first kappa shape index (κ1) is 20.4. The Labute approximate surface area is 179 Å². The highest BCUT2D eigenvalue weighted by Gasteiger charge is 2.40. The van der Waals surface area contributed by atoms with E-state index in [0.717, 1.165) is 28.1 Å². The van der Waals surface area contributed by atoms with E-state index in [9.17, 15) is 14.0 Å². The fraction of sp³-hybridized carbons (Fsp3) is 0.250. The minimum Gasteiger partial charge on any atom is -0.489 e. The van der Waals surface area contributed by atoms with Gasteiger partial charge >= 0.3 is 0 Å². The Morgan fingerprint density at radius 3 is 2.50 bits per heavy atom. The number of halogens is 1. The van der Waals surface area contributed by atoms with E-state index in [1.54, 1.807) is 18.2 Å². The summed E-state index contributed by atoms with van der Waals surface area (Å²) in [6.07, 6.45) is 0.514. The Balaban J connectivity index is 1.46. The summed E-state index contributed by atoms with van der Waals surface area (Å²) in [5.41, 5.74) is 1.52. The molecule has 1 aliphatic rings. The fourth-order valence-corrected chi connectivity index (χ4v) is 4.70. The van der Waals surface area contributed by atoms with E-state index in [-0.39, 0.29) is 34.9 Å². The Hall–Kier alpha value is -2.86. The number of imide groups is 1. The van der Waals surface area contributed by atoms with Crippen molar-refractivity contribution in [2.75, 3.05) is 0 Å². The lowest BCUT2D eigenvalue weighted by Gasteiger charge is -2.17. The Kier molecular flexibility index (Phi) is 5.77. The molecule has 1 heterocycles. The van der Waals surface area contributed by atoms with E-state index >= 15 is 0 Å². The highest BCUT2D eigenvalue weighted by atomic mass is 32.2. The first-order valence-electron chi connectivity index (χ1n) is 9.85. The Morgan fingerprint density at radius 1 is 1.03 bits per heavy atom. The molecule has 1 aliphatic heterocycles. The minimum atomic E-state index is -0.374. The van der Waals surface area contributed by atoms with Crippen LogP contribution in [0, 0.1) is 5.82 Å². The van der Waals surface area contributed by atoms with Gasteiger partial charge in [0.05, 0.1) is 5.25 Å². The highest BCUT2D eigenvalue weighted by molar-refractivity contribution is 8.15. The second-order valence-electron chi connectivity index (χ2n) is 7.60. The Morgan fingerprint density at radius 2 is 1.77 bits per heavy atom. The number of benzene rings is 3. The molecule has 0 N–H and O–H groups in total. The van der Waals surface area contributed by atoms with Crippen molar-refractivity contribution in [3.8, 4) is 5.75 Å². The van der Waals surface area contributed by atoms with Gasteiger partial charge in [-0.1, -0.05) is 54.2 Å². The van der Waals surface area contributed by atoms with Crippen LogP contribution in [0.4, 0.5) is 9.18 Å². The summed E-state index contributed by atoms with van der Waals surface area (Å²) in [7, 11) is 0. The van der Waals surface area contributed by atoms with Gasteiger partial charge in [0.25, 0.3) is 5.24 Å². The summed E-state index contributed by atoms with van der Waals surface area (Å²) in [6, 6.07) is 18.1. The zero-order valence-electron chi connectivity index (χ0n) is 16.8. The van der Waals surface area contributed by atoms with Crippen LogP contribution in [-0.2, 0) is 17.8 Å². The maximum Gasteiger partial charge on any atom is 0.289 e. The number of rotatable bonds is 6. The monoisotopic (exact) mass is 423 g/mol. The van der Waals surface area contributed by atoms with Crippen LogP contribution >= 0.6 is 11.8 Å². The van der Waals surface area contributed by atoms with E-state index in [2.05, 4.69) is 0 Å². The standard InChI is InChI=1S/C24H22FNO3S/c1-15(2)26-23(27)22(30-24(26)28)12-16-7-8-18-13-20(10-9-17(18)11-16)29-14-19-5-3-4-6-21(19)25/h3-11,13,15,22H,12,14H2,1-2H3/t22-/m0/s1. The molecule has 3 aromatic carbocycles. The van der Waals surface area contributed by atoms with Crippen LogP contribution in [0.5, 0.6) is 5.75 Å². The van der Waals surface area contributed by atoms with Crippen molar-refractivity contribution < 1.29 is 18.7 Å². The van der Waals surface area contributed by atoms with Crippen LogP contribution in [-0.4, -0.2) is 27.3 Å². The van der Waals surface area contributed by atoms with Crippen LogP contribution < -0.4 is 4.74 Å². The van der Waals surface area contributed by atoms with Gasteiger partial charge in [0, 0.05) is 11.6 Å². The predicted octanol–water partition coefficient (Wildman–Crippen LogP) is 5.57. The molecule has 0 bridgehead atoms. The molecule has 6 heteroatoms. The average Bonchev–Trinajstić information content (AvgIpc) is 3.00. The average molecular weight is 424 g/mol. The molecule has 0 unspecified atom stereocenters. The number of amides is 2. The lowest BCUT2D eigenvalue weighted by molar-refractivity contribution is -0.127. The second kappa shape index (κ2) is 8.48. The number of hydrogen-bond donors (Lipinski definition) is 0. The van der Waals surface area contributed by atoms with Gasteiger partial charge in [-0.15, -0.1) is 0 Å². The third-order valence-corrected chi connectivity index (χ3v) is 6.17. The molecule has 154 valence electrons. The van der Waals surface area contributed by atoms with Gasteiger partial charge in [-0.25, -0.2) is 4.39 Å². The SMILES string of the molecule is CC(C)N1C(=O)S[C@@H](Cc2ccc3cc(OCc4ccccc4F)ccc3c2)C1=O. The summed E-state index contributed by atoms with van der Waals surface area (Å²) in [6.45, 7) is 3.86. The van der Waals surface area contributed by atoms with Crippen molar-refractivity contribution in [3.05, 3.63) is 77.6 Å². The molecule has 0 aromatic heterocycles. The van der Waals surface area contributed by atoms with E-state index in [1.165, 1.54) is 11.0 Å². The van der Waals surface area contributed by atoms with Crippen LogP contribution in [0.3, 0.4) is 0 Å². The van der Waals surface area contributed by atoms with E-state index in [1.807, 2.05) is 50.2 Å². The zero-order chi connectivity index (χ0) is 21.3. The molecule has 0 saturated carbocycles. The fourth-order valence-electron chi connectivity index (χ4n) is 3.55. The van der Waals surface area contributed by atoms with Gasteiger partial charge in [0.1, 0.15) is 18.2 Å². The van der Waals surface area contributed by atoms with Gasteiger partial charge in [0.15, 0.2) is 0 Å². The maximum atomic E-state index is 13.7. The smallest absolute Gasteiger partial charge is 0.289 e. The molecular formula is C24H22FNO3S. The molecule has 1 fully saturated rings. The Bertz CT molecular complexity index is 1110. The number of carbonyl (C=O) groups excluding carboxylic acids is 2. The van der Waals surface area contributed by atoms with Crippen molar-refractivity contribution in [3.63, 3.8) is 0 Å². The molecule has 1 saturated heterocycles. The number of nitrogens with zero attached hydrogens (tertiary/aromatic N) is 1. The molecule has 4 nitrogen and oxygen atoms in total. The van der Waals surface area contributed by atoms with Gasteiger partial charge in [-0.05, 0) is 54.8 Å². The van der Waals surface area contributed by atoms with Gasteiger partial charge in [0.2, 0.25) is 5.91 Å². The number of thioether (sulfide) groups is 1. The van der Waals surface area contributed by atoms with Crippen molar-refractivity contribution in [2.24, 2.45) is 0 Å². The molecule has 3 aromatic rings. The number of hydrogen-bond acceptors (Lipinski definition) is 4. The number of carbonyl (C=O) groups is 2. The first-order chi connectivity index (χ1) is 14.4. The number of fused-ring (bicyclic) bond motifs is 1. The molecule has 4 rings (SSSR count). The van der Waals surface area contributed by atoms with Crippen LogP contribution in [0.25, 0.3) is 10.8 Å². The second-order valence-corrected chi connectivity index (χ2v) is 8.76. The van der Waals surface area contributed by atoms with E-state index in [4.69, 9.17) is 4.74 Å². The molecule has 0 spiro atoms. The third kappa shape index (κ3) is 4.19.